The number of thiophene rings is 1. The average Bonchev–Trinajstić information content (AvgIpc) is 2.75. The van der Waals surface area contributed by atoms with Gasteiger partial charge in [-0.25, -0.2) is 0 Å². The molecule has 0 fully saturated rings. The Morgan fingerprint density at radius 2 is 2.00 bits per heavy atom. The fraction of sp³-hybridized carbons (Fsp3) is 0.0714. The third kappa shape index (κ3) is 1.68. The van der Waals surface area contributed by atoms with Gasteiger partial charge >= 0.3 is 0 Å². The Balaban J connectivity index is 2.33. The van der Waals surface area contributed by atoms with Gasteiger partial charge in [-0.1, -0.05) is 12.1 Å². The molecule has 0 aliphatic carbocycles. The highest BCUT2D eigenvalue weighted by atomic mass is 32.1. The zero-order chi connectivity index (χ0) is 11.8. The van der Waals surface area contributed by atoms with Crippen molar-refractivity contribution >= 4 is 22.2 Å². The SMILES string of the molecule is Cc1cscc1-c1cc(=O)c2ccccc2[nH]1. The molecule has 1 N–H and O–H groups in total. The number of hydrogen-bond donors (Lipinski definition) is 1. The second-order valence-corrected chi connectivity index (χ2v) is 4.80. The van der Waals surface area contributed by atoms with Crippen molar-refractivity contribution in [2.24, 2.45) is 0 Å². The van der Waals surface area contributed by atoms with Gasteiger partial charge in [0, 0.05) is 27.9 Å². The number of hydrogen-bond acceptors (Lipinski definition) is 2. The van der Waals surface area contributed by atoms with Crippen molar-refractivity contribution in [3.05, 3.63) is 56.9 Å². The van der Waals surface area contributed by atoms with Crippen LogP contribution in [0.2, 0.25) is 0 Å². The molecule has 3 rings (SSSR count). The van der Waals surface area contributed by atoms with E-state index in [1.54, 1.807) is 17.4 Å². The predicted molar refractivity (Wildman–Crippen MR) is 72.6 cm³/mol. The van der Waals surface area contributed by atoms with Crippen LogP contribution in [0.3, 0.4) is 0 Å². The maximum absolute atomic E-state index is 12.0. The van der Waals surface area contributed by atoms with Crippen LogP contribution in [0.5, 0.6) is 0 Å². The van der Waals surface area contributed by atoms with Crippen LogP contribution >= 0.6 is 11.3 Å². The molecule has 84 valence electrons. The van der Waals surface area contributed by atoms with E-state index in [4.69, 9.17) is 0 Å². The first-order chi connectivity index (χ1) is 8.25. The molecule has 0 atom stereocenters. The molecule has 0 saturated heterocycles. The number of H-pyrrole nitrogens is 1. The summed E-state index contributed by atoms with van der Waals surface area (Å²) in [5, 5.41) is 4.89. The van der Waals surface area contributed by atoms with E-state index in [1.165, 1.54) is 5.56 Å². The van der Waals surface area contributed by atoms with Gasteiger partial charge in [0.1, 0.15) is 0 Å². The van der Waals surface area contributed by atoms with Crippen LogP contribution in [0.4, 0.5) is 0 Å². The lowest BCUT2D eigenvalue weighted by atomic mass is 10.1. The standard InChI is InChI=1S/C14H11NOS/c1-9-7-17-8-11(9)13-6-14(16)10-4-2-3-5-12(10)15-13/h2-8H,1H3,(H,15,16). The molecular weight excluding hydrogens is 230 g/mol. The predicted octanol–water partition coefficient (Wildman–Crippen LogP) is 3.57. The number of aryl methyl sites for hydroxylation is 1. The van der Waals surface area contributed by atoms with E-state index in [0.717, 1.165) is 22.2 Å². The van der Waals surface area contributed by atoms with E-state index in [9.17, 15) is 4.79 Å². The minimum atomic E-state index is 0.0694. The van der Waals surface area contributed by atoms with Gasteiger partial charge in [-0.2, -0.15) is 11.3 Å². The van der Waals surface area contributed by atoms with Gasteiger partial charge in [0.15, 0.2) is 5.43 Å². The number of rotatable bonds is 1. The molecule has 0 amide bonds. The van der Waals surface area contributed by atoms with Crippen molar-refractivity contribution < 1.29 is 0 Å². The summed E-state index contributed by atoms with van der Waals surface area (Å²) < 4.78 is 0. The molecular formula is C14H11NOS. The van der Waals surface area contributed by atoms with Crippen LogP contribution in [-0.4, -0.2) is 4.98 Å². The summed E-state index contributed by atoms with van der Waals surface area (Å²) in [4.78, 5) is 15.3. The molecule has 0 radical (unpaired) electrons. The van der Waals surface area contributed by atoms with Crippen LogP contribution in [-0.2, 0) is 0 Å². The first kappa shape index (κ1) is 10.3. The first-order valence-electron chi connectivity index (χ1n) is 5.41. The van der Waals surface area contributed by atoms with E-state index < -0.39 is 0 Å². The monoisotopic (exact) mass is 241 g/mol. The quantitative estimate of drug-likeness (QED) is 0.694. The Labute approximate surface area is 103 Å². The lowest BCUT2D eigenvalue weighted by Crippen LogP contribution is -2.02. The van der Waals surface area contributed by atoms with E-state index in [-0.39, 0.29) is 5.43 Å². The zero-order valence-electron chi connectivity index (χ0n) is 9.36. The van der Waals surface area contributed by atoms with Crippen LogP contribution in [0.1, 0.15) is 5.56 Å². The minimum Gasteiger partial charge on any atom is -0.354 e. The van der Waals surface area contributed by atoms with Gasteiger partial charge in [0.2, 0.25) is 0 Å². The second-order valence-electron chi connectivity index (χ2n) is 4.06. The van der Waals surface area contributed by atoms with Crippen molar-refractivity contribution in [2.45, 2.75) is 6.92 Å². The molecule has 3 aromatic rings. The van der Waals surface area contributed by atoms with Gasteiger partial charge in [-0.05, 0) is 30.0 Å². The summed E-state index contributed by atoms with van der Waals surface area (Å²) in [6, 6.07) is 9.27. The van der Waals surface area contributed by atoms with Crippen LogP contribution in [0, 0.1) is 6.92 Å². The van der Waals surface area contributed by atoms with E-state index >= 15 is 0 Å². The molecule has 2 nitrogen and oxygen atoms in total. The number of para-hydroxylation sites is 1. The Hall–Kier alpha value is -1.87. The number of benzene rings is 1. The lowest BCUT2D eigenvalue weighted by molar-refractivity contribution is 1.37. The first-order valence-corrected chi connectivity index (χ1v) is 6.35. The number of nitrogens with one attached hydrogen (secondary N) is 1. The average molecular weight is 241 g/mol. The molecule has 0 spiro atoms. The number of pyridine rings is 1. The number of fused-ring (bicyclic) bond motifs is 1. The fourth-order valence-corrected chi connectivity index (χ4v) is 2.83. The number of aromatic amines is 1. The van der Waals surface area contributed by atoms with Gasteiger partial charge in [-0.15, -0.1) is 0 Å². The summed E-state index contributed by atoms with van der Waals surface area (Å²) in [6.45, 7) is 2.05. The smallest absolute Gasteiger partial charge is 0.190 e. The molecule has 0 aliphatic heterocycles. The fourth-order valence-electron chi connectivity index (χ4n) is 1.98. The summed E-state index contributed by atoms with van der Waals surface area (Å²) >= 11 is 1.65. The topological polar surface area (TPSA) is 32.9 Å². The lowest BCUT2D eigenvalue weighted by Gasteiger charge is -2.03. The zero-order valence-corrected chi connectivity index (χ0v) is 10.2. The molecule has 1 aromatic carbocycles. The van der Waals surface area contributed by atoms with E-state index in [0.29, 0.717) is 0 Å². The van der Waals surface area contributed by atoms with Crippen molar-refractivity contribution in [3.63, 3.8) is 0 Å². The third-order valence-electron chi connectivity index (χ3n) is 2.88. The minimum absolute atomic E-state index is 0.0694. The largest absolute Gasteiger partial charge is 0.354 e. The molecule has 0 unspecified atom stereocenters. The highest BCUT2D eigenvalue weighted by Gasteiger charge is 2.06. The van der Waals surface area contributed by atoms with E-state index in [2.05, 4.69) is 22.7 Å². The molecule has 0 saturated carbocycles. The van der Waals surface area contributed by atoms with Gasteiger partial charge in [-0.3, -0.25) is 4.79 Å². The summed E-state index contributed by atoms with van der Waals surface area (Å²) in [5.74, 6) is 0. The van der Waals surface area contributed by atoms with Gasteiger partial charge in [0.25, 0.3) is 0 Å². The van der Waals surface area contributed by atoms with Gasteiger partial charge < -0.3 is 4.98 Å². The van der Waals surface area contributed by atoms with Crippen molar-refractivity contribution in [2.75, 3.05) is 0 Å². The molecule has 2 heterocycles. The van der Waals surface area contributed by atoms with Gasteiger partial charge in [0.05, 0.1) is 5.69 Å². The van der Waals surface area contributed by atoms with Crippen LogP contribution in [0.15, 0.2) is 45.9 Å². The summed E-state index contributed by atoms with van der Waals surface area (Å²) in [7, 11) is 0. The van der Waals surface area contributed by atoms with Crippen LogP contribution < -0.4 is 5.43 Å². The molecule has 2 aromatic heterocycles. The van der Waals surface area contributed by atoms with Crippen molar-refractivity contribution in [3.8, 4) is 11.3 Å². The maximum atomic E-state index is 12.0. The third-order valence-corrected chi connectivity index (χ3v) is 3.74. The van der Waals surface area contributed by atoms with Crippen LogP contribution in [0.25, 0.3) is 22.2 Å². The van der Waals surface area contributed by atoms with Crippen molar-refractivity contribution in [1.29, 1.82) is 0 Å². The Kier molecular flexibility index (Phi) is 2.34. The Bertz CT molecular complexity index is 739. The highest BCUT2D eigenvalue weighted by molar-refractivity contribution is 7.08. The molecule has 3 heteroatoms. The second kappa shape index (κ2) is 3.86. The molecule has 0 bridgehead atoms. The normalized spacial score (nSPS) is 10.9. The highest BCUT2D eigenvalue weighted by Crippen LogP contribution is 2.25. The molecule has 17 heavy (non-hydrogen) atoms. The van der Waals surface area contributed by atoms with Crippen molar-refractivity contribution in [1.82, 2.24) is 4.98 Å². The Morgan fingerprint density at radius 3 is 2.76 bits per heavy atom. The Morgan fingerprint density at radius 1 is 1.18 bits per heavy atom. The summed E-state index contributed by atoms with van der Waals surface area (Å²) in [5.41, 5.74) is 4.16. The number of aromatic nitrogens is 1. The van der Waals surface area contributed by atoms with E-state index in [1.807, 2.05) is 24.3 Å². The molecule has 0 aliphatic rings. The maximum Gasteiger partial charge on any atom is 0.190 e. The summed E-state index contributed by atoms with van der Waals surface area (Å²) in [6.07, 6.45) is 0.